The topological polar surface area (TPSA) is 95.9 Å². The van der Waals surface area contributed by atoms with Gasteiger partial charge in [-0.05, 0) is 30.3 Å². The summed E-state index contributed by atoms with van der Waals surface area (Å²) in [5.74, 6) is -0.129. The Bertz CT molecular complexity index is 1130. The number of hydrogen-bond acceptors (Lipinski definition) is 5. The number of halogens is 5. The fraction of sp³-hybridized carbons (Fsp3) is 0.333. The average Bonchev–Trinajstić information content (AvgIpc) is 3.20. The Hall–Kier alpha value is -3.05. The number of anilines is 2. The van der Waals surface area contributed by atoms with E-state index in [4.69, 9.17) is 28.0 Å². The van der Waals surface area contributed by atoms with Crippen molar-refractivity contribution in [3.8, 4) is 0 Å². The lowest BCUT2D eigenvalue weighted by Gasteiger charge is -2.37. The Labute approximate surface area is 202 Å². The minimum absolute atomic E-state index is 0.0165. The molecule has 8 nitrogen and oxygen atoms in total. The molecule has 4 rings (SSSR count). The Morgan fingerprint density at radius 1 is 1.09 bits per heavy atom. The summed E-state index contributed by atoms with van der Waals surface area (Å²) in [4.78, 5) is 36.1. The monoisotopic (exact) mass is 515 g/mol. The van der Waals surface area contributed by atoms with Crippen LogP contribution in [0.5, 0.6) is 0 Å². The number of carbonyl (C=O) groups is 2. The molecule has 0 saturated carbocycles. The Kier molecular flexibility index (Phi) is 6.59. The highest BCUT2D eigenvalue weighted by atomic mass is 35.5. The zero-order chi connectivity index (χ0) is 24.5. The lowest BCUT2D eigenvalue weighted by atomic mass is 9.87. The van der Waals surface area contributed by atoms with E-state index >= 15 is 0 Å². The number of oxime groups is 1. The van der Waals surface area contributed by atoms with Gasteiger partial charge < -0.3 is 20.4 Å². The number of benzene rings is 1. The third-order valence-electron chi connectivity index (χ3n) is 5.56. The van der Waals surface area contributed by atoms with E-state index in [1.54, 1.807) is 12.1 Å². The van der Waals surface area contributed by atoms with Crippen molar-refractivity contribution in [3.05, 3.63) is 52.1 Å². The van der Waals surface area contributed by atoms with Gasteiger partial charge in [0.25, 0.3) is 5.91 Å². The van der Waals surface area contributed by atoms with Crippen LogP contribution in [-0.2, 0) is 15.8 Å². The van der Waals surface area contributed by atoms with Gasteiger partial charge >= 0.3 is 12.2 Å². The second-order valence-corrected chi connectivity index (χ2v) is 8.76. The molecule has 0 radical (unpaired) electrons. The second kappa shape index (κ2) is 9.30. The third-order valence-corrected chi connectivity index (χ3v) is 6.11. The predicted octanol–water partition coefficient (Wildman–Crippen LogP) is 5.19. The number of likely N-dealkylation sites (tertiary alicyclic amines) is 1. The van der Waals surface area contributed by atoms with Gasteiger partial charge in [0.2, 0.25) is 0 Å². The quantitative estimate of drug-likeness (QED) is 0.587. The normalized spacial score (nSPS) is 17.2. The van der Waals surface area contributed by atoms with Crippen molar-refractivity contribution in [1.29, 1.82) is 0 Å². The van der Waals surface area contributed by atoms with Crippen LogP contribution in [0.25, 0.3) is 0 Å². The van der Waals surface area contributed by atoms with Gasteiger partial charge in [0.15, 0.2) is 0 Å². The van der Waals surface area contributed by atoms with Crippen molar-refractivity contribution in [2.24, 2.45) is 5.16 Å². The molecule has 2 aliphatic heterocycles. The molecule has 180 valence electrons. The number of carbonyl (C=O) groups excluding carboxylic acids is 2. The molecule has 1 aromatic heterocycles. The van der Waals surface area contributed by atoms with E-state index in [9.17, 15) is 22.8 Å². The predicted molar refractivity (Wildman–Crippen MR) is 120 cm³/mol. The maximum atomic E-state index is 13.0. The van der Waals surface area contributed by atoms with Gasteiger partial charge in [-0.2, -0.15) is 13.2 Å². The molecule has 2 N–H and O–H groups in total. The average molecular weight is 516 g/mol. The number of alkyl halides is 3. The number of piperidine rings is 1. The van der Waals surface area contributed by atoms with E-state index in [2.05, 4.69) is 20.8 Å². The summed E-state index contributed by atoms with van der Waals surface area (Å²) in [6.45, 7) is 0.545. The molecule has 1 spiro atoms. The van der Waals surface area contributed by atoms with Crippen LogP contribution in [0.2, 0.25) is 10.0 Å². The zero-order valence-electron chi connectivity index (χ0n) is 17.5. The van der Waals surface area contributed by atoms with Crippen molar-refractivity contribution in [3.63, 3.8) is 0 Å². The van der Waals surface area contributed by atoms with E-state index in [1.807, 2.05) is 0 Å². The molecular weight excluding hydrogens is 498 g/mol. The highest BCUT2D eigenvalue weighted by Gasteiger charge is 2.44. The van der Waals surface area contributed by atoms with Crippen molar-refractivity contribution in [2.45, 2.75) is 31.0 Å². The van der Waals surface area contributed by atoms with Crippen LogP contribution in [0.1, 0.15) is 24.8 Å². The number of aromatic nitrogens is 1. The maximum absolute atomic E-state index is 13.0. The van der Waals surface area contributed by atoms with Crippen molar-refractivity contribution in [2.75, 3.05) is 23.7 Å². The fourth-order valence-corrected chi connectivity index (χ4v) is 4.03. The van der Waals surface area contributed by atoms with Gasteiger partial charge in [-0.3, -0.25) is 4.79 Å². The molecule has 0 unspecified atom stereocenters. The second-order valence-electron chi connectivity index (χ2n) is 7.91. The first-order valence-electron chi connectivity index (χ1n) is 10.2. The van der Waals surface area contributed by atoms with E-state index < -0.39 is 34.3 Å². The molecule has 1 fully saturated rings. The van der Waals surface area contributed by atoms with Crippen molar-refractivity contribution >= 4 is 52.4 Å². The summed E-state index contributed by atoms with van der Waals surface area (Å²) >= 11 is 11.4. The molecule has 3 heterocycles. The number of nitrogens with zero attached hydrogens (tertiary/aromatic N) is 3. The van der Waals surface area contributed by atoms with Crippen LogP contribution in [0.4, 0.5) is 29.5 Å². The molecule has 0 aliphatic carbocycles. The molecule has 34 heavy (non-hydrogen) atoms. The Balaban J connectivity index is 1.31. The zero-order valence-corrected chi connectivity index (χ0v) is 19.0. The molecule has 1 aromatic carbocycles. The maximum Gasteiger partial charge on any atom is 0.417 e. The number of amides is 3. The van der Waals surface area contributed by atoms with Crippen LogP contribution in [0, 0.1) is 0 Å². The molecule has 3 amide bonds. The molecular formula is C21H18Cl2F3N5O3. The summed E-state index contributed by atoms with van der Waals surface area (Å²) in [6.07, 6.45) is -2.18. The lowest BCUT2D eigenvalue weighted by molar-refractivity contribution is -0.137. The minimum atomic E-state index is -4.64. The van der Waals surface area contributed by atoms with E-state index in [0.717, 1.165) is 12.1 Å². The lowest BCUT2D eigenvalue weighted by Crippen LogP contribution is -2.48. The van der Waals surface area contributed by atoms with Crippen LogP contribution in [0.15, 0.2) is 41.7 Å². The Morgan fingerprint density at radius 2 is 1.82 bits per heavy atom. The number of urea groups is 1. The highest BCUT2D eigenvalue weighted by Crippen LogP contribution is 2.37. The van der Waals surface area contributed by atoms with Gasteiger partial charge in [0, 0.05) is 44.2 Å². The summed E-state index contributed by atoms with van der Waals surface area (Å²) in [5.41, 5.74) is -1.56. The third kappa shape index (κ3) is 5.36. The van der Waals surface area contributed by atoms with Crippen molar-refractivity contribution < 1.29 is 27.6 Å². The number of rotatable bonds is 3. The first-order valence-corrected chi connectivity index (χ1v) is 10.9. The summed E-state index contributed by atoms with van der Waals surface area (Å²) < 4.78 is 39.1. The minimum Gasteiger partial charge on any atom is -0.388 e. The van der Waals surface area contributed by atoms with E-state index in [1.165, 1.54) is 17.2 Å². The number of nitrogens with one attached hydrogen (secondary N) is 2. The molecule has 2 aliphatic rings. The van der Waals surface area contributed by atoms with Gasteiger partial charge in [-0.25, -0.2) is 9.78 Å². The number of pyridine rings is 1. The van der Waals surface area contributed by atoms with E-state index in [-0.39, 0.29) is 30.9 Å². The fourth-order valence-electron chi connectivity index (χ4n) is 3.69. The van der Waals surface area contributed by atoms with Crippen LogP contribution in [0.3, 0.4) is 0 Å². The van der Waals surface area contributed by atoms with Gasteiger partial charge in [0.1, 0.15) is 17.1 Å². The standard InChI is InChI=1S/C21H18Cl2F3N5O3/c22-12-1-4-17(27-11-12)29-18(32)16-10-20(34-30-16)5-7-31(8-6-20)19(33)28-13-2-3-15(23)14(9-13)21(24,25)26/h1-4,9,11H,5-8,10H2,(H,28,33)(H,27,29,32). The van der Waals surface area contributed by atoms with Crippen molar-refractivity contribution in [1.82, 2.24) is 9.88 Å². The molecule has 0 atom stereocenters. The largest absolute Gasteiger partial charge is 0.417 e. The molecule has 1 saturated heterocycles. The smallest absolute Gasteiger partial charge is 0.388 e. The number of hydrogen-bond donors (Lipinski definition) is 2. The SMILES string of the molecule is O=C(Nc1ccc(Cl)cn1)C1=NOC2(CCN(C(=O)Nc3ccc(Cl)c(C(F)(F)F)c3)CC2)C1. The highest BCUT2D eigenvalue weighted by molar-refractivity contribution is 6.43. The molecule has 13 heteroatoms. The first-order chi connectivity index (χ1) is 16.0. The van der Waals surface area contributed by atoms with Crippen LogP contribution >= 0.6 is 23.2 Å². The first kappa shape index (κ1) is 24.1. The Morgan fingerprint density at radius 3 is 2.47 bits per heavy atom. The van der Waals surface area contributed by atoms with Crippen LogP contribution in [-0.4, -0.2) is 46.2 Å². The summed E-state index contributed by atoms with van der Waals surface area (Å²) in [7, 11) is 0. The summed E-state index contributed by atoms with van der Waals surface area (Å²) in [5, 5.41) is 9.00. The van der Waals surface area contributed by atoms with Gasteiger partial charge in [0.05, 0.1) is 15.6 Å². The van der Waals surface area contributed by atoms with Gasteiger partial charge in [-0.1, -0.05) is 28.4 Å². The van der Waals surface area contributed by atoms with Gasteiger partial charge in [-0.15, -0.1) is 0 Å². The van der Waals surface area contributed by atoms with E-state index in [0.29, 0.717) is 23.7 Å². The summed E-state index contributed by atoms with van der Waals surface area (Å²) in [6, 6.07) is 5.78. The van der Waals surface area contributed by atoms with Crippen LogP contribution < -0.4 is 10.6 Å². The molecule has 0 bridgehead atoms. The molecule has 2 aromatic rings.